The van der Waals surface area contributed by atoms with Crippen molar-refractivity contribution in [1.29, 1.82) is 0 Å². The van der Waals surface area contributed by atoms with Crippen LogP contribution >= 0.6 is 11.3 Å². The number of hydrogen-bond acceptors (Lipinski definition) is 5. The van der Waals surface area contributed by atoms with Crippen molar-refractivity contribution in [1.82, 2.24) is 15.5 Å². The first kappa shape index (κ1) is 17.0. The summed E-state index contributed by atoms with van der Waals surface area (Å²) in [5, 5.41) is 16.0. The van der Waals surface area contributed by atoms with Crippen LogP contribution < -0.4 is 5.32 Å². The van der Waals surface area contributed by atoms with Gasteiger partial charge in [0.15, 0.2) is 5.78 Å². The number of ketones is 1. The molecule has 27 heavy (non-hydrogen) atoms. The number of aromatic nitrogens is 2. The summed E-state index contributed by atoms with van der Waals surface area (Å²) in [5.41, 5.74) is 2.11. The third kappa shape index (κ3) is 3.66. The molecule has 2 saturated carbocycles. The lowest BCUT2D eigenvalue weighted by Crippen LogP contribution is -2.20. The summed E-state index contributed by atoms with van der Waals surface area (Å²) in [7, 11) is 0. The number of nitrogens with zero attached hydrogens (tertiary/aromatic N) is 2. The van der Waals surface area contributed by atoms with Crippen LogP contribution in [-0.2, 0) is 6.42 Å². The minimum absolute atomic E-state index is 0.126. The van der Waals surface area contributed by atoms with Gasteiger partial charge in [-0.25, -0.2) is 0 Å². The second-order valence-corrected chi connectivity index (χ2v) is 9.17. The van der Waals surface area contributed by atoms with E-state index in [-0.39, 0.29) is 5.78 Å². The number of Topliss-reactive ketones (excluding diaryl/α,β-unsaturated/α-hetero) is 1. The molecule has 0 spiro atoms. The molecular weight excluding hydrogens is 354 g/mol. The maximum atomic E-state index is 12.9. The molecule has 5 rings (SSSR count). The minimum Gasteiger partial charge on any atom is -0.313 e. The summed E-state index contributed by atoms with van der Waals surface area (Å²) in [6.07, 6.45) is 4.26. The molecule has 0 radical (unpaired) electrons. The summed E-state index contributed by atoms with van der Waals surface area (Å²) in [4.78, 5) is 12.9. The van der Waals surface area contributed by atoms with Crippen molar-refractivity contribution in [2.24, 2.45) is 5.92 Å². The zero-order chi connectivity index (χ0) is 18.4. The third-order valence-corrected chi connectivity index (χ3v) is 6.49. The largest absolute Gasteiger partial charge is 0.313 e. The van der Waals surface area contributed by atoms with Crippen molar-refractivity contribution in [2.45, 2.75) is 44.6 Å². The third-order valence-electron chi connectivity index (χ3n) is 5.65. The number of fused-ring (bicyclic) bond motifs is 1. The lowest BCUT2D eigenvalue weighted by atomic mass is 9.95. The second-order valence-electron chi connectivity index (χ2n) is 7.90. The van der Waals surface area contributed by atoms with Crippen molar-refractivity contribution in [3.05, 3.63) is 57.5 Å². The van der Waals surface area contributed by atoms with Crippen LogP contribution in [0.3, 0.4) is 0 Å². The van der Waals surface area contributed by atoms with Crippen molar-refractivity contribution >= 4 is 27.9 Å². The molecule has 2 atom stereocenters. The maximum absolute atomic E-state index is 12.9. The molecule has 1 heterocycles. The number of hydrogen-bond donors (Lipinski definition) is 1. The molecule has 138 valence electrons. The Bertz CT molecular complexity index is 1010. The highest BCUT2D eigenvalue weighted by atomic mass is 32.1. The van der Waals surface area contributed by atoms with E-state index in [1.165, 1.54) is 41.5 Å². The van der Waals surface area contributed by atoms with Gasteiger partial charge < -0.3 is 5.32 Å². The molecule has 1 N–H and O–H groups in total. The molecule has 0 bridgehead atoms. The molecule has 2 unspecified atom stereocenters. The Morgan fingerprint density at radius 1 is 1.22 bits per heavy atom. The van der Waals surface area contributed by atoms with E-state index in [1.54, 1.807) is 0 Å². The highest BCUT2D eigenvalue weighted by molar-refractivity contribution is 7.11. The topological polar surface area (TPSA) is 54.9 Å². The van der Waals surface area contributed by atoms with Crippen LogP contribution in [0.2, 0.25) is 0 Å². The van der Waals surface area contributed by atoms with Gasteiger partial charge in [-0.3, -0.25) is 4.79 Å². The summed E-state index contributed by atoms with van der Waals surface area (Å²) in [6.45, 7) is 3.07. The Hall–Kier alpha value is -2.11. The quantitative estimate of drug-likeness (QED) is 0.625. The zero-order valence-corrected chi connectivity index (χ0v) is 16.3. The molecule has 2 fully saturated rings. The lowest BCUT2D eigenvalue weighted by molar-refractivity contribution is 0.0992. The van der Waals surface area contributed by atoms with Gasteiger partial charge in [0.05, 0.1) is 6.42 Å². The Kier molecular flexibility index (Phi) is 4.29. The van der Waals surface area contributed by atoms with Gasteiger partial charge in [0.1, 0.15) is 10.0 Å². The van der Waals surface area contributed by atoms with E-state index in [2.05, 4.69) is 39.8 Å². The van der Waals surface area contributed by atoms with Crippen molar-refractivity contribution in [2.75, 3.05) is 6.54 Å². The van der Waals surface area contributed by atoms with E-state index in [4.69, 9.17) is 0 Å². The van der Waals surface area contributed by atoms with Crippen LogP contribution in [0.1, 0.15) is 51.1 Å². The zero-order valence-electron chi connectivity index (χ0n) is 15.4. The maximum Gasteiger partial charge on any atom is 0.169 e. The molecule has 4 nitrogen and oxygen atoms in total. The van der Waals surface area contributed by atoms with Crippen LogP contribution in [0.4, 0.5) is 0 Å². The molecule has 0 amide bonds. The first-order valence-electron chi connectivity index (χ1n) is 9.75. The van der Waals surface area contributed by atoms with Gasteiger partial charge in [-0.05, 0) is 67.1 Å². The van der Waals surface area contributed by atoms with Gasteiger partial charge in [0, 0.05) is 17.5 Å². The summed E-state index contributed by atoms with van der Waals surface area (Å²) in [5.74, 6) is 1.54. The van der Waals surface area contributed by atoms with Gasteiger partial charge >= 0.3 is 0 Å². The number of rotatable bonds is 7. The predicted molar refractivity (Wildman–Crippen MR) is 109 cm³/mol. The Morgan fingerprint density at radius 3 is 2.85 bits per heavy atom. The molecule has 2 aromatic carbocycles. The molecule has 2 aliphatic rings. The molecule has 0 saturated heterocycles. The van der Waals surface area contributed by atoms with Gasteiger partial charge in [0.25, 0.3) is 0 Å². The van der Waals surface area contributed by atoms with Crippen LogP contribution in [0.5, 0.6) is 0 Å². The normalized spacial score (nSPS) is 21.5. The van der Waals surface area contributed by atoms with E-state index in [0.29, 0.717) is 18.4 Å². The summed E-state index contributed by atoms with van der Waals surface area (Å²) < 4.78 is 0. The van der Waals surface area contributed by atoms with E-state index >= 15 is 0 Å². The lowest BCUT2D eigenvalue weighted by Gasteiger charge is -2.10. The van der Waals surface area contributed by atoms with Gasteiger partial charge in [0.2, 0.25) is 0 Å². The molecule has 3 aromatic rings. The standard InChI is InChI=1S/C22H23N3OS/c1-13-24-25-22(27-13)11-21(26)16-8-15-4-2-3-5-17(15)18(9-16)19-10-20(19)23-12-14-6-7-14/h2-5,8-9,14,19-20,23H,6-7,10-12H2,1H3. The van der Waals surface area contributed by atoms with E-state index in [9.17, 15) is 4.79 Å². The second kappa shape index (κ2) is 6.80. The Labute approximate surface area is 163 Å². The Balaban J connectivity index is 1.42. The fourth-order valence-electron chi connectivity index (χ4n) is 3.86. The van der Waals surface area contributed by atoms with E-state index in [1.807, 2.05) is 19.1 Å². The number of carbonyl (C=O) groups is 1. The van der Waals surface area contributed by atoms with E-state index < -0.39 is 0 Å². The van der Waals surface area contributed by atoms with Crippen molar-refractivity contribution in [3.63, 3.8) is 0 Å². The smallest absolute Gasteiger partial charge is 0.169 e. The number of carbonyl (C=O) groups excluding carboxylic acids is 1. The number of aryl methyl sites for hydroxylation is 1. The molecule has 5 heteroatoms. The first-order valence-corrected chi connectivity index (χ1v) is 10.6. The number of benzene rings is 2. The summed E-state index contributed by atoms with van der Waals surface area (Å²) in [6, 6.07) is 13.1. The van der Waals surface area contributed by atoms with Crippen LogP contribution in [0.25, 0.3) is 10.8 Å². The minimum atomic E-state index is 0.126. The Morgan fingerprint density at radius 2 is 2.07 bits per heavy atom. The predicted octanol–water partition coefficient (Wildman–Crippen LogP) is 4.28. The fraction of sp³-hybridized carbons (Fsp3) is 0.409. The van der Waals surface area contributed by atoms with E-state index in [0.717, 1.165) is 33.4 Å². The highest BCUT2D eigenvalue weighted by Gasteiger charge is 2.40. The average molecular weight is 378 g/mol. The fourth-order valence-corrected chi connectivity index (χ4v) is 4.57. The van der Waals surface area contributed by atoms with Crippen molar-refractivity contribution < 1.29 is 4.79 Å². The molecule has 0 aliphatic heterocycles. The molecule has 1 aromatic heterocycles. The average Bonchev–Trinajstić information content (AvgIpc) is 3.58. The van der Waals surface area contributed by atoms with Gasteiger partial charge in [-0.1, -0.05) is 24.3 Å². The van der Waals surface area contributed by atoms with Crippen LogP contribution in [-0.4, -0.2) is 28.6 Å². The first-order chi connectivity index (χ1) is 13.2. The van der Waals surface area contributed by atoms with Gasteiger partial charge in [-0.15, -0.1) is 21.5 Å². The van der Waals surface area contributed by atoms with Crippen molar-refractivity contribution in [3.8, 4) is 0 Å². The highest BCUT2D eigenvalue weighted by Crippen LogP contribution is 2.44. The van der Waals surface area contributed by atoms with Crippen LogP contribution in [0, 0.1) is 12.8 Å². The summed E-state index contributed by atoms with van der Waals surface area (Å²) >= 11 is 1.50. The van der Waals surface area contributed by atoms with Crippen LogP contribution in [0.15, 0.2) is 36.4 Å². The monoisotopic (exact) mass is 377 g/mol. The molecule has 2 aliphatic carbocycles. The SMILES string of the molecule is Cc1nnc(CC(=O)c2cc(C3CC3NCC3CC3)c3ccccc3c2)s1. The number of nitrogens with one attached hydrogen (secondary N) is 1. The van der Waals surface area contributed by atoms with Gasteiger partial charge in [-0.2, -0.15) is 0 Å². The molecular formula is C22H23N3OS.